The molecule has 2 aliphatic heterocycles. The number of amides is 2. The molecule has 7 heteroatoms. The summed E-state index contributed by atoms with van der Waals surface area (Å²) in [5, 5.41) is 9.49. The van der Waals surface area contributed by atoms with Crippen LogP contribution in [0.15, 0.2) is 30.3 Å². The number of nitrogens with zero attached hydrogens (tertiary/aromatic N) is 2. The summed E-state index contributed by atoms with van der Waals surface area (Å²) in [7, 11) is 0. The van der Waals surface area contributed by atoms with Gasteiger partial charge in [0.1, 0.15) is 6.10 Å². The zero-order valence-electron chi connectivity index (χ0n) is 13.4. The number of carboxylic acid groups (broad SMARTS) is 1. The van der Waals surface area contributed by atoms with Crippen LogP contribution >= 0.6 is 0 Å². The fraction of sp³-hybridized carbons (Fsp3) is 0.471. The number of carbonyl (C=O) groups excluding carboxylic acids is 2. The average Bonchev–Trinajstić information content (AvgIpc) is 2.59. The molecule has 2 saturated heterocycles. The first kappa shape index (κ1) is 16.3. The van der Waals surface area contributed by atoms with Crippen LogP contribution < -0.4 is 0 Å². The Morgan fingerprint density at radius 2 is 1.83 bits per heavy atom. The Labute approximate surface area is 139 Å². The van der Waals surface area contributed by atoms with Gasteiger partial charge in [0.25, 0.3) is 5.91 Å². The van der Waals surface area contributed by atoms with Crippen molar-refractivity contribution in [2.45, 2.75) is 38.0 Å². The zero-order valence-corrected chi connectivity index (χ0v) is 13.4. The number of piperidine rings is 1. The molecule has 1 aromatic carbocycles. The Kier molecular flexibility index (Phi) is 4.42. The lowest BCUT2D eigenvalue weighted by Crippen LogP contribution is -2.64. The van der Waals surface area contributed by atoms with Crippen LogP contribution in [0.1, 0.15) is 30.1 Å². The number of esters is 1. The van der Waals surface area contributed by atoms with Gasteiger partial charge in [0.15, 0.2) is 6.04 Å². The molecule has 2 amide bonds. The van der Waals surface area contributed by atoms with E-state index in [1.807, 2.05) is 18.2 Å². The maximum atomic E-state index is 12.4. The molecule has 0 radical (unpaired) electrons. The van der Waals surface area contributed by atoms with Crippen LogP contribution in [0.4, 0.5) is 4.79 Å². The minimum absolute atomic E-state index is 0.0488. The van der Waals surface area contributed by atoms with Gasteiger partial charge in [-0.15, -0.1) is 0 Å². The molecule has 2 heterocycles. The van der Waals surface area contributed by atoms with Crippen molar-refractivity contribution in [3.05, 3.63) is 35.9 Å². The summed E-state index contributed by atoms with van der Waals surface area (Å²) in [4.78, 5) is 38.6. The highest BCUT2D eigenvalue weighted by atomic mass is 16.6. The third kappa shape index (κ3) is 2.93. The fourth-order valence-corrected chi connectivity index (χ4v) is 3.39. The minimum atomic E-state index is -1.11. The van der Waals surface area contributed by atoms with E-state index in [0.717, 1.165) is 0 Å². The molecule has 7 nitrogen and oxygen atoms in total. The smallest absolute Gasteiger partial charge is 0.408 e. The van der Waals surface area contributed by atoms with Gasteiger partial charge >= 0.3 is 12.1 Å². The van der Waals surface area contributed by atoms with Crippen molar-refractivity contribution in [1.82, 2.24) is 9.80 Å². The molecule has 0 saturated carbocycles. The van der Waals surface area contributed by atoms with E-state index in [9.17, 15) is 19.5 Å². The van der Waals surface area contributed by atoms with Gasteiger partial charge in [0.05, 0.1) is 0 Å². The van der Waals surface area contributed by atoms with Crippen LogP contribution in [0.3, 0.4) is 0 Å². The Morgan fingerprint density at radius 1 is 1.21 bits per heavy atom. The number of carbonyl (C=O) groups is 3. The summed E-state index contributed by atoms with van der Waals surface area (Å²) >= 11 is 0. The predicted octanol–water partition coefficient (Wildman–Crippen LogP) is 1.59. The van der Waals surface area contributed by atoms with E-state index in [0.29, 0.717) is 31.5 Å². The standard InChI is InChI=1S/C17H20N2O5/c1-11-14(16(21)24-11)19(17(22)23)13-7-9-18(10-8-13)15(20)12-5-3-2-4-6-12/h2-6,11,13-14H,7-10H2,1H3,(H,22,23)/t11-,14+/m0/s1. The van der Waals surface area contributed by atoms with E-state index in [1.165, 1.54) is 4.90 Å². The molecule has 1 aromatic rings. The second-order valence-corrected chi connectivity index (χ2v) is 6.17. The number of cyclic esters (lactones) is 1. The van der Waals surface area contributed by atoms with E-state index in [-0.39, 0.29) is 11.9 Å². The first-order valence-electron chi connectivity index (χ1n) is 8.05. The molecule has 0 bridgehead atoms. The SMILES string of the molecule is C[C@@H]1OC(=O)[C@@H]1N(C(=O)O)C1CCN(C(=O)c2ccccc2)CC1. The summed E-state index contributed by atoms with van der Waals surface area (Å²) < 4.78 is 4.88. The molecule has 1 N–H and O–H groups in total. The highest BCUT2D eigenvalue weighted by molar-refractivity contribution is 5.94. The molecule has 2 atom stereocenters. The maximum absolute atomic E-state index is 12.4. The topological polar surface area (TPSA) is 87.2 Å². The Morgan fingerprint density at radius 3 is 2.33 bits per heavy atom. The van der Waals surface area contributed by atoms with Gasteiger partial charge in [-0.3, -0.25) is 9.69 Å². The fourth-order valence-electron chi connectivity index (χ4n) is 3.39. The number of hydrogen-bond donors (Lipinski definition) is 1. The number of benzene rings is 1. The summed E-state index contributed by atoms with van der Waals surface area (Å²) in [6.45, 7) is 2.63. The quantitative estimate of drug-likeness (QED) is 0.849. The monoisotopic (exact) mass is 332 g/mol. The van der Waals surface area contributed by atoms with Crippen molar-refractivity contribution in [2.24, 2.45) is 0 Å². The van der Waals surface area contributed by atoms with Crippen molar-refractivity contribution in [3.63, 3.8) is 0 Å². The summed E-state index contributed by atoms with van der Waals surface area (Å²) in [6.07, 6.45) is -0.503. The van der Waals surface area contributed by atoms with Gasteiger partial charge < -0.3 is 14.7 Å². The van der Waals surface area contributed by atoms with Crippen molar-refractivity contribution < 1.29 is 24.2 Å². The molecule has 2 fully saturated rings. The molecule has 24 heavy (non-hydrogen) atoms. The predicted molar refractivity (Wildman–Crippen MR) is 84.6 cm³/mol. The Hall–Kier alpha value is -2.57. The Balaban J connectivity index is 1.64. The lowest BCUT2D eigenvalue weighted by atomic mass is 9.97. The second kappa shape index (κ2) is 6.51. The molecule has 0 spiro atoms. The molecule has 0 aromatic heterocycles. The normalized spacial score (nSPS) is 24.0. The Bertz CT molecular complexity index is 640. The average molecular weight is 332 g/mol. The van der Waals surface area contributed by atoms with Crippen molar-refractivity contribution in [1.29, 1.82) is 0 Å². The van der Waals surface area contributed by atoms with Crippen LogP contribution in [0, 0.1) is 0 Å². The van der Waals surface area contributed by atoms with Gasteiger partial charge in [0.2, 0.25) is 0 Å². The third-order valence-electron chi connectivity index (χ3n) is 4.67. The lowest BCUT2D eigenvalue weighted by molar-refractivity contribution is -0.186. The molecule has 2 aliphatic rings. The number of likely N-dealkylation sites (tertiary alicyclic amines) is 1. The molecular formula is C17H20N2O5. The van der Waals surface area contributed by atoms with E-state index in [2.05, 4.69) is 0 Å². The van der Waals surface area contributed by atoms with Gasteiger partial charge in [-0.1, -0.05) is 18.2 Å². The van der Waals surface area contributed by atoms with Crippen molar-refractivity contribution >= 4 is 18.0 Å². The van der Waals surface area contributed by atoms with Gasteiger partial charge in [-0.25, -0.2) is 9.59 Å². The third-order valence-corrected chi connectivity index (χ3v) is 4.67. The van der Waals surface area contributed by atoms with Crippen molar-refractivity contribution in [2.75, 3.05) is 13.1 Å². The largest absolute Gasteiger partial charge is 0.465 e. The molecule has 0 unspecified atom stereocenters. The highest BCUT2D eigenvalue weighted by Crippen LogP contribution is 2.27. The molecular weight excluding hydrogens is 312 g/mol. The molecule has 0 aliphatic carbocycles. The number of ether oxygens (including phenoxy) is 1. The first-order chi connectivity index (χ1) is 11.5. The van der Waals surface area contributed by atoms with Crippen LogP contribution in [0.2, 0.25) is 0 Å². The van der Waals surface area contributed by atoms with Crippen molar-refractivity contribution in [3.8, 4) is 0 Å². The van der Waals surface area contributed by atoms with E-state index in [4.69, 9.17) is 4.74 Å². The second-order valence-electron chi connectivity index (χ2n) is 6.17. The van der Waals surface area contributed by atoms with E-state index < -0.39 is 24.2 Å². The summed E-state index contributed by atoms with van der Waals surface area (Å²) in [6, 6.07) is 8.01. The van der Waals surface area contributed by atoms with Crippen LogP contribution in [0.5, 0.6) is 0 Å². The van der Waals surface area contributed by atoms with Gasteiger partial charge in [-0.05, 0) is 31.9 Å². The summed E-state index contributed by atoms with van der Waals surface area (Å²) in [5.41, 5.74) is 0.627. The van der Waals surface area contributed by atoms with E-state index in [1.54, 1.807) is 24.0 Å². The maximum Gasteiger partial charge on any atom is 0.408 e. The minimum Gasteiger partial charge on any atom is -0.465 e. The van der Waals surface area contributed by atoms with Crippen LogP contribution in [-0.4, -0.2) is 64.2 Å². The molecule has 128 valence electrons. The van der Waals surface area contributed by atoms with Crippen LogP contribution in [-0.2, 0) is 9.53 Å². The van der Waals surface area contributed by atoms with Gasteiger partial charge in [-0.2, -0.15) is 0 Å². The lowest BCUT2D eigenvalue weighted by Gasteiger charge is -2.45. The number of hydrogen-bond acceptors (Lipinski definition) is 4. The van der Waals surface area contributed by atoms with Gasteiger partial charge in [0, 0.05) is 24.7 Å². The summed E-state index contributed by atoms with van der Waals surface area (Å²) in [5.74, 6) is -0.542. The number of rotatable bonds is 3. The zero-order chi connectivity index (χ0) is 17.3. The highest BCUT2D eigenvalue weighted by Gasteiger charge is 2.48. The van der Waals surface area contributed by atoms with Crippen LogP contribution in [0.25, 0.3) is 0 Å². The first-order valence-corrected chi connectivity index (χ1v) is 8.05. The molecule has 3 rings (SSSR count). The van der Waals surface area contributed by atoms with E-state index >= 15 is 0 Å².